The number of aromatic nitrogens is 4. The van der Waals surface area contributed by atoms with Crippen LogP contribution in [0.15, 0.2) is 41.5 Å². The summed E-state index contributed by atoms with van der Waals surface area (Å²) in [5.41, 5.74) is 0.938. The fraction of sp³-hybridized carbons (Fsp3) is 0.304. The fourth-order valence-corrected chi connectivity index (χ4v) is 3.89. The number of rotatable bonds is 7. The second-order valence-corrected chi connectivity index (χ2v) is 8.72. The third kappa shape index (κ3) is 4.16. The maximum atomic E-state index is 14.0. The van der Waals surface area contributed by atoms with Gasteiger partial charge in [0.25, 0.3) is 5.56 Å². The van der Waals surface area contributed by atoms with Crippen LogP contribution in [0.1, 0.15) is 37.2 Å². The van der Waals surface area contributed by atoms with Crippen molar-refractivity contribution in [3.8, 4) is 5.75 Å². The zero-order valence-electron chi connectivity index (χ0n) is 17.7. The standard InChI is InChI=1S/C23H20ClFN4O4/c1-12(23(31)32)29-22(30)16-5-4-14(25)6-17(16)19(27-29)7-15-9-28-10-20(33-11-13-2-3-13)18(24)8-21(28)26-15/h4-6,8-10,12-13H,2-3,7,11H2,1H3,(H,31,32). The monoisotopic (exact) mass is 470 g/mol. The molecule has 170 valence electrons. The van der Waals surface area contributed by atoms with Crippen LogP contribution < -0.4 is 10.3 Å². The van der Waals surface area contributed by atoms with E-state index in [1.165, 1.54) is 38.0 Å². The van der Waals surface area contributed by atoms with Crippen LogP contribution in [0.5, 0.6) is 5.75 Å². The van der Waals surface area contributed by atoms with Crippen LogP contribution >= 0.6 is 11.6 Å². The number of ether oxygens (including phenoxy) is 1. The van der Waals surface area contributed by atoms with Gasteiger partial charge in [-0.25, -0.2) is 18.9 Å². The lowest BCUT2D eigenvalue weighted by Gasteiger charge is -2.13. The molecule has 0 radical (unpaired) electrons. The number of hydrogen-bond acceptors (Lipinski definition) is 5. The molecule has 1 N–H and O–H groups in total. The number of nitrogens with zero attached hydrogens (tertiary/aromatic N) is 4. The second-order valence-electron chi connectivity index (χ2n) is 8.32. The minimum Gasteiger partial charge on any atom is -0.490 e. The average Bonchev–Trinajstić information content (AvgIpc) is 3.52. The summed E-state index contributed by atoms with van der Waals surface area (Å²) in [5.74, 6) is -0.570. The molecule has 1 aromatic carbocycles. The predicted molar refractivity (Wildman–Crippen MR) is 120 cm³/mol. The van der Waals surface area contributed by atoms with Gasteiger partial charge < -0.3 is 14.2 Å². The SMILES string of the molecule is CC(C(=O)O)n1nc(Cc2cn3cc(OCC4CC4)c(Cl)cc3n2)c2cc(F)ccc2c1=O. The molecule has 1 aliphatic carbocycles. The van der Waals surface area contributed by atoms with Gasteiger partial charge in [-0.3, -0.25) is 4.79 Å². The van der Waals surface area contributed by atoms with Crippen molar-refractivity contribution in [2.45, 2.75) is 32.2 Å². The van der Waals surface area contributed by atoms with E-state index in [1.54, 1.807) is 22.9 Å². The highest BCUT2D eigenvalue weighted by Crippen LogP contribution is 2.32. The van der Waals surface area contributed by atoms with Crippen LogP contribution in [-0.2, 0) is 11.2 Å². The minimum absolute atomic E-state index is 0.157. The Kier molecular flexibility index (Phi) is 5.28. The Morgan fingerprint density at radius 2 is 2.09 bits per heavy atom. The van der Waals surface area contributed by atoms with E-state index in [-0.39, 0.29) is 11.8 Å². The predicted octanol–water partition coefficient (Wildman–Crippen LogP) is 3.86. The highest BCUT2D eigenvalue weighted by molar-refractivity contribution is 6.32. The molecule has 10 heteroatoms. The van der Waals surface area contributed by atoms with Gasteiger partial charge in [0.1, 0.15) is 11.5 Å². The maximum absolute atomic E-state index is 14.0. The van der Waals surface area contributed by atoms with Gasteiger partial charge in [0.15, 0.2) is 11.8 Å². The molecule has 5 rings (SSSR count). The molecule has 4 aromatic rings. The summed E-state index contributed by atoms with van der Waals surface area (Å²) in [6, 6.07) is 4.25. The Labute approximate surface area is 192 Å². The van der Waals surface area contributed by atoms with Crippen molar-refractivity contribution in [3.05, 3.63) is 69.2 Å². The third-order valence-electron chi connectivity index (χ3n) is 5.76. The topological polar surface area (TPSA) is 98.7 Å². The van der Waals surface area contributed by atoms with E-state index in [1.807, 2.05) is 0 Å². The second kappa shape index (κ2) is 8.15. The Bertz CT molecular complexity index is 1460. The molecule has 8 nitrogen and oxygen atoms in total. The molecule has 3 aromatic heterocycles. The Hall–Kier alpha value is -3.46. The fourth-order valence-electron chi connectivity index (χ4n) is 3.69. The van der Waals surface area contributed by atoms with Crippen LogP contribution in [0.3, 0.4) is 0 Å². The molecule has 33 heavy (non-hydrogen) atoms. The van der Waals surface area contributed by atoms with Crippen molar-refractivity contribution in [1.29, 1.82) is 0 Å². The molecule has 1 aliphatic rings. The van der Waals surface area contributed by atoms with E-state index in [9.17, 15) is 19.1 Å². The maximum Gasteiger partial charge on any atom is 0.328 e. The van der Waals surface area contributed by atoms with Crippen LogP contribution in [-0.4, -0.2) is 36.8 Å². The van der Waals surface area contributed by atoms with Crippen molar-refractivity contribution in [2.75, 3.05) is 6.61 Å². The van der Waals surface area contributed by atoms with E-state index in [0.717, 1.165) is 4.68 Å². The normalized spacial score (nSPS) is 14.6. The summed E-state index contributed by atoms with van der Waals surface area (Å²) in [7, 11) is 0. The first-order valence-electron chi connectivity index (χ1n) is 10.5. The quantitative estimate of drug-likeness (QED) is 0.440. The van der Waals surface area contributed by atoms with Gasteiger partial charge in [-0.2, -0.15) is 5.10 Å². The van der Waals surface area contributed by atoms with Gasteiger partial charge in [0.05, 0.1) is 34.6 Å². The molecule has 1 unspecified atom stereocenters. The molecule has 0 saturated heterocycles. The first kappa shape index (κ1) is 21.4. The molecule has 0 aliphatic heterocycles. The van der Waals surface area contributed by atoms with Gasteiger partial charge >= 0.3 is 5.97 Å². The average molecular weight is 471 g/mol. The van der Waals surface area contributed by atoms with Crippen molar-refractivity contribution >= 4 is 34.0 Å². The summed E-state index contributed by atoms with van der Waals surface area (Å²) < 4.78 is 22.5. The number of carbonyl (C=O) groups is 1. The summed E-state index contributed by atoms with van der Waals surface area (Å²) >= 11 is 6.35. The van der Waals surface area contributed by atoms with Gasteiger partial charge in [-0.05, 0) is 43.9 Å². The summed E-state index contributed by atoms with van der Waals surface area (Å²) in [6.07, 6.45) is 6.02. The molecular weight excluding hydrogens is 451 g/mol. The molecule has 0 amide bonds. The van der Waals surface area contributed by atoms with E-state index >= 15 is 0 Å². The first-order valence-corrected chi connectivity index (χ1v) is 10.9. The minimum atomic E-state index is -1.20. The van der Waals surface area contributed by atoms with Crippen molar-refractivity contribution in [3.63, 3.8) is 0 Å². The zero-order valence-corrected chi connectivity index (χ0v) is 18.4. The molecular formula is C23H20ClFN4O4. The van der Waals surface area contributed by atoms with E-state index in [4.69, 9.17) is 16.3 Å². The summed E-state index contributed by atoms with van der Waals surface area (Å²) in [6.45, 7) is 1.99. The number of fused-ring (bicyclic) bond motifs is 2. The molecule has 1 atom stereocenters. The summed E-state index contributed by atoms with van der Waals surface area (Å²) in [5, 5.41) is 14.6. The molecule has 1 saturated carbocycles. The van der Waals surface area contributed by atoms with Crippen molar-refractivity contribution < 1.29 is 19.0 Å². The first-order chi connectivity index (χ1) is 15.8. The van der Waals surface area contributed by atoms with E-state index in [0.29, 0.717) is 45.7 Å². The summed E-state index contributed by atoms with van der Waals surface area (Å²) in [4.78, 5) is 28.8. The van der Waals surface area contributed by atoms with Crippen LogP contribution in [0.2, 0.25) is 5.02 Å². The highest BCUT2D eigenvalue weighted by atomic mass is 35.5. The number of pyridine rings is 1. The Morgan fingerprint density at radius 1 is 1.30 bits per heavy atom. The number of carboxylic acids is 1. The van der Waals surface area contributed by atoms with Gasteiger partial charge in [-0.1, -0.05) is 11.6 Å². The Morgan fingerprint density at radius 3 is 2.82 bits per heavy atom. The highest BCUT2D eigenvalue weighted by Gasteiger charge is 2.23. The molecule has 3 heterocycles. The molecule has 1 fully saturated rings. The Balaban J connectivity index is 1.56. The number of carboxylic acid groups (broad SMARTS) is 1. The molecule has 0 spiro atoms. The van der Waals surface area contributed by atoms with Crippen molar-refractivity contribution in [1.82, 2.24) is 19.2 Å². The lowest BCUT2D eigenvalue weighted by atomic mass is 10.1. The van der Waals surface area contributed by atoms with Gasteiger partial charge in [-0.15, -0.1) is 0 Å². The number of hydrogen-bond donors (Lipinski definition) is 1. The zero-order chi connectivity index (χ0) is 23.3. The molecule has 0 bridgehead atoms. The lowest BCUT2D eigenvalue weighted by molar-refractivity contribution is -0.140. The van der Waals surface area contributed by atoms with Gasteiger partial charge in [0.2, 0.25) is 0 Å². The lowest BCUT2D eigenvalue weighted by Crippen LogP contribution is -2.31. The smallest absolute Gasteiger partial charge is 0.328 e. The van der Waals surface area contributed by atoms with E-state index < -0.39 is 23.4 Å². The van der Waals surface area contributed by atoms with Crippen LogP contribution in [0, 0.1) is 11.7 Å². The number of halogens is 2. The van der Waals surface area contributed by atoms with Crippen LogP contribution in [0.4, 0.5) is 4.39 Å². The number of benzene rings is 1. The number of aliphatic carboxylic acids is 1. The van der Waals surface area contributed by atoms with Crippen molar-refractivity contribution in [2.24, 2.45) is 5.92 Å². The van der Waals surface area contributed by atoms with E-state index in [2.05, 4.69) is 10.1 Å². The number of imidazole rings is 1. The largest absolute Gasteiger partial charge is 0.490 e. The van der Waals surface area contributed by atoms with Gasteiger partial charge in [0, 0.05) is 24.1 Å². The third-order valence-corrected chi connectivity index (χ3v) is 6.06. The van der Waals surface area contributed by atoms with Crippen LogP contribution in [0.25, 0.3) is 16.4 Å².